The minimum atomic E-state index is -0.0515. The summed E-state index contributed by atoms with van der Waals surface area (Å²) in [7, 11) is 0. The van der Waals surface area contributed by atoms with Crippen LogP contribution in [0.15, 0.2) is 40.9 Å². The number of benzene rings is 2. The summed E-state index contributed by atoms with van der Waals surface area (Å²) in [4.78, 5) is 11.5. The van der Waals surface area contributed by atoms with Gasteiger partial charge < -0.3 is 5.32 Å². The van der Waals surface area contributed by atoms with Gasteiger partial charge in [-0.25, -0.2) is 0 Å². The molecule has 0 radical (unpaired) electrons. The molecule has 0 bridgehead atoms. The fourth-order valence-electron chi connectivity index (χ4n) is 1.70. The Morgan fingerprint density at radius 3 is 2.72 bits per heavy atom. The van der Waals surface area contributed by atoms with Crippen LogP contribution in [0, 0.1) is 12.3 Å². The van der Waals surface area contributed by atoms with Crippen LogP contribution in [0.25, 0.3) is 10.8 Å². The Balaban J connectivity index is 2.18. The van der Waals surface area contributed by atoms with Gasteiger partial charge in [0.25, 0.3) is 0 Å². The third-order valence-electron chi connectivity index (χ3n) is 2.58. The molecule has 3 heteroatoms. The summed E-state index contributed by atoms with van der Waals surface area (Å²) in [6.07, 6.45) is 5.94. The Bertz CT molecular complexity index is 628. The molecule has 1 amide bonds. The summed E-state index contributed by atoms with van der Waals surface area (Å²) in [5.41, 5.74) is 0.798. The highest BCUT2D eigenvalue weighted by Crippen LogP contribution is 2.23. The molecule has 2 rings (SSSR count). The number of carbonyl (C=O) groups is 1. The van der Waals surface area contributed by atoms with Gasteiger partial charge in [0.1, 0.15) is 0 Å². The fourth-order valence-corrected chi connectivity index (χ4v) is 2.08. The van der Waals surface area contributed by atoms with Gasteiger partial charge in [0.15, 0.2) is 0 Å². The smallest absolute Gasteiger partial charge is 0.225 e. The maximum absolute atomic E-state index is 11.5. The summed E-state index contributed by atoms with van der Waals surface area (Å²) in [5.74, 6) is 2.40. The zero-order chi connectivity index (χ0) is 13.0. The van der Waals surface area contributed by atoms with Crippen LogP contribution in [-0.2, 0) is 4.79 Å². The monoisotopic (exact) mass is 301 g/mol. The van der Waals surface area contributed by atoms with E-state index in [1.54, 1.807) is 0 Å². The maximum Gasteiger partial charge on any atom is 0.225 e. The lowest BCUT2D eigenvalue weighted by molar-refractivity contribution is -0.116. The second kappa shape index (κ2) is 5.70. The molecule has 2 aromatic rings. The van der Waals surface area contributed by atoms with Crippen LogP contribution in [0.1, 0.15) is 12.8 Å². The Hall–Kier alpha value is -1.79. The summed E-state index contributed by atoms with van der Waals surface area (Å²) < 4.78 is 1.04. The largest absolute Gasteiger partial charge is 0.326 e. The molecule has 0 atom stereocenters. The average Bonchev–Trinajstić information content (AvgIpc) is 2.36. The lowest BCUT2D eigenvalue weighted by atomic mass is 10.1. The van der Waals surface area contributed by atoms with Crippen LogP contribution in [0.5, 0.6) is 0 Å². The molecule has 0 fully saturated rings. The lowest BCUT2D eigenvalue weighted by Gasteiger charge is -2.06. The van der Waals surface area contributed by atoms with Crippen molar-refractivity contribution in [3.05, 3.63) is 40.9 Å². The molecule has 18 heavy (non-hydrogen) atoms. The third kappa shape index (κ3) is 3.12. The molecule has 1 N–H and O–H groups in total. The topological polar surface area (TPSA) is 29.1 Å². The molecular formula is C15H12BrNO. The number of rotatable bonds is 3. The highest BCUT2D eigenvalue weighted by Gasteiger charge is 2.02. The molecule has 90 valence electrons. The molecule has 0 aliphatic heterocycles. The fraction of sp³-hybridized carbons (Fsp3) is 0.133. The number of carbonyl (C=O) groups excluding carboxylic acids is 1. The molecular weight excluding hydrogens is 290 g/mol. The van der Waals surface area contributed by atoms with E-state index in [0.717, 1.165) is 20.9 Å². The van der Waals surface area contributed by atoms with E-state index >= 15 is 0 Å². The van der Waals surface area contributed by atoms with Gasteiger partial charge in [-0.2, -0.15) is 0 Å². The van der Waals surface area contributed by atoms with E-state index in [4.69, 9.17) is 6.42 Å². The van der Waals surface area contributed by atoms with Crippen LogP contribution in [0.3, 0.4) is 0 Å². The van der Waals surface area contributed by atoms with E-state index in [9.17, 15) is 4.79 Å². The summed E-state index contributed by atoms with van der Waals surface area (Å²) >= 11 is 3.43. The minimum absolute atomic E-state index is 0.0515. The van der Waals surface area contributed by atoms with E-state index in [1.807, 2.05) is 36.4 Å². The van der Waals surface area contributed by atoms with Gasteiger partial charge >= 0.3 is 0 Å². The van der Waals surface area contributed by atoms with Crippen molar-refractivity contribution in [3.8, 4) is 12.3 Å². The van der Waals surface area contributed by atoms with Crippen molar-refractivity contribution in [2.24, 2.45) is 0 Å². The molecule has 0 aromatic heterocycles. The first-order valence-electron chi connectivity index (χ1n) is 5.61. The molecule has 2 aromatic carbocycles. The van der Waals surface area contributed by atoms with Crippen molar-refractivity contribution >= 4 is 38.3 Å². The first-order chi connectivity index (χ1) is 8.69. The van der Waals surface area contributed by atoms with E-state index in [-0.39, 0.29) is 5.91 Å². The minimum Gasteiger partial charge on any atom is -0.326 e. The van der Waals surface area contributed by atoms with E-state index in [0.29, 0.717) is 12.8 Å². The Morgan fingerprint density at radius 2 is 1.94 bits per heavy atom. The summed E-state index contributed by atoms with van der Waals surface area (Å²) in [5, 5.41) is 5.06. The van der Waals surface area contributed by atoms with Crippen LogP contribution >= 0.6 is 15.9 Å². The van der Waals surface area contributed by atoms with Crippen molar-refractivity contribution in [1.82, 2.24) is 0 Å². The number of terminal acetylenes is 1. The van der Waals surface area contributed by atoms with Gasteiger partial charge in [-0.05, 0) is 35.0 Å². The SMILES string of the molecule is C#CCCC(=O)Nc1ccc2cc(Br)ccc2c1. The Morgan fingerprint density at radius 1 is 1.22 bits per heavy atom. The Labute approximate surface area is 115 Å². The van der Waals surface area contributed by atoms with Crippen LogP contribution in [0.4, 0.5) is 5.69 Å². The normalized spacial score (nSPS) is 10.0. The number of anilines is 1. The highest BCUT2D eigenvalue weighted by molar-refractivity contribution is 9.10. The summed E-state index contributed by atoms with van der Waals surface area (Å²) in [6.45, 7) is 0. The number of hydrogen-bond donors (Lipinski definition) is 1. The van der Waals surface area contributed by atoms with Crippen LogP contribution in [-0.4, -0.2) is 5.91 Å². The molecule has 0 saturated heterocycles. The molecule has 0 aliphatic rings. The van der Waals surface area contributed by atoms with Gasteiger partial charge in [-0.15, -0.1) is 12.3 Å². The van der Waals surface area contributed by atoms with Crippen molar-refractivity contribution < 1.29 is 4.79 Å². The van der Waals surface area contributed by atoms with E-state index in [2.05, 4.69) is 27.2 Å². The number of nitrogens with one attached hydrogen (secondary N) is 1. The number of amides is 1. The predicted molar refractivity (Wildman–Crippen MR) is 78.3 cm³/mol. The van der Waals surface area contributed by atoms with Crippen molar-refractivity contribution in [3.63, 3.8) is 0 Å². The summed E-state index contributed by atoms with van der Waals surface area (Å²) in [6, 6.07) is 11.9. The molecule has 0 saturated carbocycles. The molecule has 0 spiro atoms. The van der Waals surface area contributed by atoms with Gasteiger partial charge in [-0.3, -0.25) is 4.79 Å². The van der Waals surface area contributed by atoms with E-state index < -0.39 is 0 Å². The van der Waals surface area contributed by atoms with Gasteiger partial charge in [0, 0.05) is 23.0 Å². The second-order valence-electron chi connectivity index (χ2n) is 3.96. The highest BCUT2D eigenvalue weighted by atomic mass is 79.9. The number of halogens is 1. The van der Waals surface area contributed by atoms with Crippen molar-refractivity contribution in [2.75, 3.05) is 5.32 Å². The maximum atomic E-state index is 11.5. The standard InChI is InChI=1S/C15H12BrNO/c1-2-3-4-15(18)17-14-8-6-11-9-13(16)7-5-12(11)10-14/h1,5-10H,3-4H2,(H,17,18). The lowest BCUT2D eigenvalue weighted by Crippen LogP contribution is -2.10. The van der Waals surface area contributed by atoms with Crippen molar-refractivity contribution in [1.29, 1.82) is 0 Å². The zero-order valence-electron chi connectivity index (χ0n) is 9.74. The quantitative estimate of drug-likeness (QED) is 0.855. The predicted octanol–water partition coefficient (Wildman–Crippen LogP) is 3.95. The Kier molecular flexibility index (Phi) is 4.01. The van der Waals surface area contributed by atoms with Gasteiger partial charge in [-0.1, -0.05) is 28.1 Å². The second-order valence-corrected chi connectivity index (χ2v) is 4.87. The molecule has 0 aliphatic carbocycles. The van der Waals surface area contributed by atoms with Crippen molar-refractivity contribution in [2.45, 2.75) is 12.8 Å². The van der Waals surface area contributed by atoms with Gasteiger partial charge in [0.05, 0.1) is 0 Å². The van der Waals surface area contributed by atoms with Gasteiger partial charge in [0.2, 0.25) is 5.91 Å². The van der Waals surface area contributed by atoms with E-state index in [1.165, 1.54) is 0 Å². The number of hydrogen-bond acceptors (Lipinski definition) is 1. The molecule has 2 nitrogen and oxygen atoms in total. The molecule has 0 heterocycles. The molecule has 0 unspecified atom stereocenters. The first kappa shape index (κ1) is 12.7. The van der Waals surface area contributed by atoms with Crippen LogP contribution < -0.4 is 5.32 Å². The van der Waals surface area contributed by atoms with Crippen LogP contribution in [0.2, 0.25) is 0 Å². The zero-order valence-corrected chi connectivity index (χ0v) is 11.3. The number of fused-ring (bicyclic) bond motifs is 1. The average molecular weight is 302 g/mol. The third-order valence-corrected chi connectivity index (χ3v) is 3.08. The first-order valence-corrected chi connectivity index (χ1v) is 6.41.